The molecule has 1 aliphatic heterocycles. The molecular formula is C24H25N3O5. The van der Waals surface area contributed by atoms with Crippen molar-refractivity contribution in [2.75, 3.05) is 26.1 Å². The minimum absolute atomic E-state index is 0.106. The van der Waals surface area contributed by atoms with Crippen LogP contribution in [0.25, 0.3) is 6.08 Å². The van der Waals surface area contributed by atoms with Crippen molar-refractivity contribution >= 4 is 35.2 Å². The number of ether oxygens (including phenoxy) is 3. The number of esters is 1. The Morgan fingerprint density at radius 2 is 1.91 bits per heavy atom. The minimum Gasteiger partial charge on any atom is -0.497 e. The van der Waals surface area contributed by atoms with Crippen LogP contribution in [0.4, 0.5) is 11.4 Å². The van der Waals surface area contributed by atoms with Gasteiger partial charge < -0.3 is 24.8 Å². The van der Waals surface area contributed by atoms with Gasteiger partial charge >= 0.3 is 5.97 Å². The number of allylic oxidation sites excluding steroid dienone is 1. The third-order valence-electron chi connectivity index (χ3n) is 4.65. The standard InChI is InChI=1S/C24H25N3O5/c1-5-32-24(29)22-15(2)25-18-8-6-7-9-19(18)26-23(22)27-21(28)13-11-16-10-12-17(30-3)14-20(16)31-4/h6-14,25H,5H2,1-4H3,(H,26,27,28)/b13-11+. The highest BCUT2D eigenvalue weighted by Gasteiger charge is 2.25. The highest BCUT2D eigenvalue weighted by molar-refractivity contribution is 6.25. The number of amides is 1. The van der Waals surface area contributed by atoms with Gasteiger partial charge in [0, 0.05) is 23.4 Å². The van der Waals surface area contributed by atoms with E-state index in [-0.39, 0.29) is 18.0 Å². The molecule has 166 valence electrons. The Kier molecular flexibility index (Phi) is 7.28. The van der Waals surface area contributed by atoms with Gasteiger partial charge in [0.05, 0.1) is 32.2 Å². The molecule has 0 atom stereocenters. The zero-order valence-corrected chi connectivity index (χ0v) is 18.4. The van der Waals surface area contributed by atoms with Crippen LogP contribution in [0.3, 0.4) is 0 Å². The van der Waals surface area contributed by atoms with Crippen molar-refractivity contribution in [3.05, 3.63) is 65.4 Å². The van der Waals surface area contributed by atoms with Crippen LogP contribution in [0, 0.1) is 0 Å². The van der Waals surface area contributed by atoms with Gasteiger partial charge in [-0.05, 0) is 44.2 Å². The van der Waals surface area contributed by atoms with Crippen LogP contribution in [0.2, 0.25) is 0 Å². The van der Waals surface area contributed by atoms with Gasteiger partial charge in [-0.2, -0.15) is 0 Å². The second-order valence-electron chi connectivity index (χ2n) is 6.75. The third kappa shape index (κ3) is 5.15. The lowest BCUT2D eigenvalue weighted by molar-refractivity contribution is -0.137. The molecule has 2 aromatic carbocycles. The molecule has 0 aliphatic carbocycles. The summed E-state index contributed by atoms with van der Waals surface area (Å²) >= 11 is 0. The first kappa shape index (κ1) is 22.6. The number of nitrogens with zero attached hydrogens (tertiary/aromatic N) is 1. The number of amidine groups is 1. The van der Waals surface area contributed by atoms with E-state index >= 15 is 0 Å². The van der Waals surface area contributed by atoms with Gasteiger partial charge in [-0.15, -0.1) is 0 Å². The van der Waals surface area contributed by atoms with Gasteiger partial charge in [0.25, 0.3) is 0 Å². The number of rotatable bonds is 6. The van der Waals surface area contributed by atoms with E-state index in [1.165, 1.54) is 13.2 Å². The zero-order chi connectivity index (χ0) is 23.1. The van der Waals surface area contributed by atoms with E-state index in [2.05, 4.69) is 15.6 Å². The summed E-state index contributed by atoms with van der Waals surface area (Å²) in [5.74, 6) is 0.263. The second kappa shape index (κ2) is 10.3. The number of methoxy groups -OCH3 is 2. The van der Waals surface area contributed by atoms with Gasteiger partial charge in [-0.25, -0.2) is 9.79 Å². The average molecular weight is 435 g/mol. The fourth-order valence-corrected chi connectivity index (χ4v) is 3.12. The van der Waals surface area contributed by atoms with Gasteiger partial charge in [0.2, 0.25) is 5.91 Å². The van der Waals surface area contributed by atoms with Crippen molar-refractivity contribution in [1.82, 2.24) is 5.32 Å². The molecule has 8 heteroatoms. The van der Waals surface area contributed by atoms with Gasteiger partial charge in [-0.3, -0.25) is 4.79 Å². The predicted octanol–water partition coefficient (Wildman–Crippen LogP) is 3.83. The maximum absolute atomic E-state index is 12.7. The van der Waals surface area contributed by atoms with Crippen molar-refractivity contribution < 1.29 is 23.8 Å². The Hall–Kier alpha value is -4.07. The lowest BCUT2D eigenvalue weighted by atomic mass is 10.1. The van der Waals surface area contributed by atoms with E-state index in [9.17, 15) is 9.59 Å². The first-order valence-electron chi connectivity index (χ1n) is 10.0. The molecule has 0 bridgehead atoms. The molecule has 0 unspecified atom stereocenters. The van der Waals surface area contributed by atoms with E-state index in [1.807, 2.05) is 18.2 Å². The van der Waals surface area contributed by atoms with Gasteiger partial charge in [0.1, 0.15) is 22.9 Å². The summed E-state index contributed by atoms with van der Waals surface area (Å²) in [4.78, 5) is 29.9. The predicted molar refractivity (Wildman–Crippen MR) is 123 cm³/mol. The molecule has 2 N–H and O–H groups in total. The summed E-state index contributed by atoms with van der Waals surface area (Å²) in [6.07, 6.45) is 2.95. The molecule has 1 aliphatic rings. The maximum atomic E-state index is 12.7. The van der Waals surface area contributed by atoms with Crippen molar-refractivity contribution in [3.63, 3.8) is 0 Å². The largest absolute Gasteiger partial charge is 0.497 e. The number of benzene rings is 2. The second-order valence-corrected chi connectivity index (χ2v) is 6.75. The monoisotopic (exact) mass is 435 g/mol. The SMILES string of the molecule is CCOC(=O)C1=C(C)Nc2ccccc2N=C1NC(=O)/C=C/c1ccc(OC)cc1OC. The van der Waals surface area contributed by atoms with Crippen LogP contribution in [0.15, 0.2) is 64.8 Å². The van der Waals surface area contributed by atoms with Gasteiger partial charge in [0.15, 0.2) is 0 Å². The molecule has 3 rings (SSSR count). The Bertz CT molecular complexity index is 1120. The van der Waals surface area contributed by atoms with E-state index in [0.717, 1.165) is 5.69 Å². The number of nitrogens with one attached hydrogen (secondary N) is 2. The number of aliphatic imine (C=N–C) groups is 1. The third-order valence-corrected chi connectivity index (χ3v) is 4.65. The summed E-state index contributed by atoms with van der Waals surface area (Å²) in [6, 6.07) is 12.6. The molecule has 0 spiro atoms. The number of fused-ring (bicyclic) bond motifs is 1. The van der Waals surface area contributed by atoms with Crippen LogP contribution < -0.4 is 20.1 Å². The Balaban J connectivity index is 1.91. The van der Waals surface area contributed by atoms with E-state index < -0.39 is 11.9 Å². The van der Waals surface area contributed by atoms with Crippen molar-refractivity contribution in [1.29, 1.82) is 0 Å². The fraction of sp³-hybridized carbons (Fsp3) is 0.208. The van der Waals surface area contributed by atoms with Crippen LogP contribution >= 0.6 is 0 Å². The number of para-hydroxylation sites is 2. The van der Waals surface area contributed by atoms with Crippen LogP contribution in [0.5, 0.6) is 11.5 Å². The number of anilines is 1. The number of carbonyl (C=O) groups excluding carboxylic acids is 2. The molecule has 32 heavy (non-hydrogen) atoms. The van der Waals surface area contributed by atoms with Crippen LogP contribution in [-0.4, -0.2) is 38.5 Å². The number of hydrogen-bond acceptors (Lipinski definition) is 7. The highest BCUT2D eigenvalue weighted by Crippen LogP contribution is 2.30. The Labute approximate surface area is 186 Å². The quantitative estimate of drug-likeness (QED) is 0.529. The molecular weight excluding hydrogens is 410 g/mol. The van der Waals surface area contributed by atoms with Crippen molar-refractivity contribution in [2.24, 2.45) is 4.99 Å². The molecule has 0 saturated heterocycles. The lowest BCUT2D eigenvalue weighted by Crippen LogP contribution is -2.34. The minimum atomic E-state index is -0.579. The average Bonchev–Trinajstić information content (AvgIpc) is 2.92. The summed E-state index contributed by atoms with van der Waals surface area (Å²) in [7, 11) is 3.10. The maximum Gasteiger partial charge on any atom is 0.343 e. The smallest absolute Gasteiger partial charge is 0.343 e. The first-order valence-corrected chi connectivity index (χ1v) is 10.0. The topological polar surface area (TPSA) is 98.2 Å². The summed E-state index contributed by atoms with van der Waals surface area (Å²) < 4.78 is 15.7. The summed E-state index contributed by atoms with van der Waals surface area (Å²) in [5.41, 5.74) is 2.67. The van der Waals surface area contributed by atoms with Crippen LogP contribution in [0.1, 0.15) is 19.4 Å². The molecule has 0 saturated carbocycles. The van der Waals surface area contributed by atoms with E-state index in [1.54, 1.807) is 51.3 Å². The number of hydrogen-bond donors (Lipinski definition) is 2. The first-order chi connectivity index (χ1) is 15.5. The lowest BCUT2D eigenvalue weighted by Gasteiger charge is -2.12. The zero-order valence-electron chi connectivity index (χ0n) is 18.4. The van der Waals surface area contributed by atoms with E-state index in [4.69, 9.17) is 14.2 Å². The summed E-state index contributed by atoms with van der Waals surface area (Å²) in [5, 5.41) is 5.88. The van der Waals surface area contributed by atoms with Crippen molar-refractivity contribution in [3.8, 4) is 11.5 Å². The Morgan fingerprint density at radius 1 is 1.12 bits per heavy atom. The number of carbonyl (C=O) groups is 2. The van der Waals surface area contributed by atoms with Crippen LogP contribution in [-0.2, 0) is 14.3 Å². The molecule has 0 radical (unpaired) electrons. The molecule has 1 amide bonds. The Morgan fingerprint density at radius 3 is 2.62 bits per heavy atom. The molecule has 2 aromatic rings. The van der Waals surface area contributed by atoms with E-state index in [0.29, 0.717) is 28.4 Å². The molecule has 0 aromatic heterocycles. The van der Waals surface area contributed by atoms with Gasteiger partial charge in [-0.1, -0.05) is 12.1 Å². The van der Waals surface area contributed by atoms with Crippen molar-refractivity contribution in [2.45, 2.75) is 13.8 Å². The highest BCUT2D eigenvalue weighted by atomic mass is 16.5. The molecule has 1 heterocycles. The molecule has 8 nitrogen and oxygen atoms in total. The normalized spacial score (nSPS) is 12.9. The molecule has 0 fully saturated rings. The fourth-order valence-electron chi connectivity index (χ4n) is 3.12. The summed E-state index contributed by atoms with van der Waals surface area (Å²) in [6.45, 7) is 3.64.